The highest BCUT2D eigenvalue weighted by Crippen LogP contribution is 2.29. The highest BCUT2D eigenvalue weighted by atomic mass is 35.6. The predicted molar refractivity (Wildman–Crippen MR) is 120 cm³/mol. The van der Waals surface area contributed by atoms with Gasteiger partial charge in [-0.2, -0.15) is 0 Å². The van der Waals surface area contributed by atoms with Crippen LogP contribution in [0.4, 0.5) is 5.69 Å². The van der Waals surface area contributed by atoms with E-state index in [1.54, 1.807) is 18.2 Å². The number of rotatable bonds is 6. The molecule has 1 atom stereocenters. The Kier molecular flexibility index (Phi) is 8.28. The molecule has 152 valence electrons. The van der Waals surface area contributed by atoms with E-state index in [2.05, 4.69) is 16.0 Å². The van der Waals surface area contributed by atoms with Crippen LogP contribution < -0.4 is 16.0 Å². The Balaban J connectivity index is 2.05. The molecule has 0 unspecified atom stereocenters. The summed E-state index contributed by atoms with van der Waals surface area (Å²) in [6.45, 7) is 0. The summed E-state index contributed by atoms with van der Waals surface area (Å²) in [6.07, 6.45) is 1.71. The van der Waals surface area contributed by atoms with Gasteiger partial charge in [0.05, 0.1) is 11.3 Å². The maximum atomic E-state index is 12.2. The fraction of sp³-hybridized carbons (Fsp3) is 0.105. The number of halogens is 3. The summed E-state index contributed by atoms with van der Waals surface area (Å²) in [5, 5.41) is 17.1. The predicted octanol–water partition coefficient (Wildman–Crippen LogP) is 4.20. The molecular weight excluding hydrogens is 457 g/mol. The van der Waals surface area contributed by atoms with E-state index in [0.717, 1.165) is 5.56 Å². The van der Waals surface area contributed by atoms with Gasteiger partial charge in [-0.3, -0.25) is 4.79 Å². The van der Waals surface area contributed by atoms with Gasteiger partial charge in [0.25, 0.3) is 0 Å². The number of aromatic carboxylic acids is 1. The molecule has 0 spiro atoms. The number of carbonyl (C=O) groups is 2. The first-order valence-electron chi connectivity index (χ1n) is 8.17. The van der Waals surface area contributed by atoms with Crippen molar-refractivity contribution in [2.45, 2.75) is 9.96 Å². The molecule has 0 radical (unpaired) electrons. The highest BCUT2D eigenvalue weighted by molar-refractivity contribution is 7.80. The SMILES string of the molecule is O=C(/C=C\c1ccccc1)N[C@H](NC(=S)Nc1ccccc1C(=O)O)C(Cl)(Cl)Cl. The van der Waals surface area contributed by atoms with Crippen LogP contribution in [0.15, 0.2) is 60.7 Å². The summed E-state index contributed by atoms with van der Waals surface area (Å²) in [5.41, 5.74) is 1.08. The molecule has 6 nitrogen and oxygen atoms in total. The van der Waals surface area contributed by atoms with Crippen molar-refractivity contribution in [3.8, 4) is 0 Å². The number of carboxylic acid groups (broad SMARTS) is 1. The van der Waals surface area contributed by atoms with Crippen molar-refractivity contribution in [2.75, 3.05) is 5.32 Å². The minimum absolute atomic E-state index is 0.0110. The molecule has 4 N–H and O–H groups in total. The van der Waals surface area contributed by atoms with Crippen molar-refractivity contribution < 1.29 is 14.7 Å². The second kappa shape index (κ2) is 10.5. The van der Waals surface area contributed by atoms with Crippen molar-refractivity contribution in [2.24, 2.45) is 0 Å². The molecule has 2 aromatic carbocycles. The van der Waals surface area contributed by atoms with Crippen LogP contribution in [0, 0.1) is 0 Å². The van der Waals surface area contributed by atoms with Gasteiger partial charge in [0.1, 0.15) is 6.17 Å². The van der Waals surface area contributed by atoms with Gasteiger partial charge in [-0.25, -0.2) is 4.79 Å². The average molecular weight is 473 g/mol. The zero-order chi connectivity index (χ0) is 21.4. The van der Waals surface area contributed by atoms with Gasteiger partial charge < -0.3 is 21.1 Å². The molecule has 0 aromatic heterocycles. The largest absolute Gasteiger partial charge is 0.478 e. The molecule has 0 aliphatic heterocycles. The lowest BCUT2D eigenvalue weighted by Gasteiger charge is -2.27. The number of alkyl halides is 3. The van der Waals surface area contributed by atoms with E-state index < -0.39 is 21.8 Å². The second-order valence-corrected chi connectivity index (χ2v) is 8.45. The van der Waals surface area contributed by atoms with E-state index in [0.29, 0.717) is 0 Å². The maximum Gasteiger partial charge on any atom is 0.337 e. The molecule has 0 saturated heterocycles. The smallest absolute Gasteiger partial charge is 0.337 e. The molecule has 0 aliphatic carbocycles. The molecule has 1 amide bonds. The van der Waals surface area contributed by atoms with Crippen LogP contribution in [0.2, 0.25) is 0 Å². The van der Waals surface area contributed by atoms with Gasteiger partial charge in [-0.05, 0) is 36.0 Å². The Labute approximate surface area is 187 Å². The van der Waals surface area contributed by atoms with Crippen LogP contribution in [0.5, 0.6) is 0 Å². The van der Waals surface area contributed by atoms with E-state index in [-0.39, 0.29) is 16.4 Å². The lowest BCUT2D eigenvalue weighted by atomic mass is 10.2. The normalized spacial score (nSPS) is 12.2. The molecule has 0 heterocycles. The second-order valence-electron chi connectivity index (χ2n) is 5.68. The molecule has 2 aromatic rings. The van der Waals surface area contributed by atoms with Gasteiger partial charge in [-0.15, -0.1) is 0 Å². The Morgan fingerprint density at radius 3 is 2.24 bits per heavy atom. The summed E-state index contributed by atoms with van der Waals surface area (Å²) in [7, 11) is 0. The number of anilines is 1. The summed E-state index contributed by atoms with van der Waals surface area (Å²) in [4.78, 5) is 23.5. The first kappa shape index (κ1) is 23.0. The van der Waals surface area contributed by atoms with Gasteiger partial charge in [0, 0.05) is 6.08 Å². The Hall–Kier alpha value is -2.32. The summed E-state index contributed by atoms with van der Waals surface area (Å²) in [6, 6.07) is 15.3. The molecule has 0 aliphatic rings. The quantitative estimate of drug-likeness (QED) is 0.218. The molecule has 29 heavy (non-hydrogen) atoms. The van der Waals surface area contributed by atoms with Crippen LogP contribution in [0.25, 0.3) is 6.08 Å². The van der Waals surface area contributed by atoms with Crippen LogP contribution >= 0.6 is 47.0 Å². The number of para-hydroxylation sites is 1. The first-order valence-corrected chi connectivity index (χ1v) is 9.71. The van der Waals surface area contributed by atoms with Gasteiger partial charge >= 0.3 is 5.97 Å². The first-order chi connectivity index (χ1) is 13.7. The van der Waals surface area contributed by atoms with Crippen LogP contribution in [-0.2, 0) is 4.79 Å². The zero-order valence-corrected chi connectivity index (χ0v) is 17.8. The Morgan fingerprint density at radius 2 is 1.62 bits per heavy atom. The fourth-order valence-electron chi connectivity index (χ4n) is 2.19. The van der Waals surface area contributed by atoms with E-state index in [1.807, 2.05) is 30.3 Å². The van der Waals surface area contributed by atoms with Crippen molar-refractivity contribution >= 4 is 75.8 Å². The van der Waals surface area contributed by atoms with Crippen molar-refractivity contribution in [3.63, 3.8) is 0 Å². The molecular formula is C19H16Cl3N3O3S. The monoisotopic (exact) mass is 471 g/mol. The summed E-state index contributed by atoms with van der Waals surface area (Å²) < 4.78 is -1.94. The van der Waals surface area contributed by atoms with Crippen LogP contribution in [-0.4, -0.2) is 32.1 Å². The third kappa shape index (κ3) is 7.55. The summed E-state index contributed by atoms with van der Waals surface area (Å²) >= 11 is 23.0. The van der Waals surface area contributed by atoms with Gasteiger partial charge in [0.15, 0.2) is 5.11 Å². The minimum atomic E-state index is -1.94. The number of carboxylic acids is 1. The zero-order valence-electron chi connectivity index (χ0n) is 14.7. The number of carbonyl (C=O) groups excluding carboxylic acids is 1. The minimum Gasteiger partial charge on any atom is -0.478 e. The van der Waals surface area contributed by atoms with Gasteiger partial charge in [0.2, 0.25) is 9.70 Å². The van der Waals surface area contributed by atoms with E-state index in [4.69, 9.17) is 47.0 Å². The average Bonchev–Trinajstić information content (AvgIpc) is 2.66. The topological polar surface area (TPSA) is 90.5 Å². The molecule has 0 bridgehead atoms. The number of hydrogen-bond acceptors (Lipinski definition) is 3. The van der Waals surface area contributed by atoms with E-state index in [9.17, 15) is 14.7 Å². The number of benzene rings is 2. The van der Waals surface area contributed by atoms with Gasteiger partial charge in [-0.1, -0.05) is 77.3 Å². The number of thiocarbonyl (C=S) groups is 1. The third-order valence-corrected chi connectivity index (χ3v) is 4.40. The van der Waals surface area contributed by atoms with E-state index >= 15 is 0 Å². The maximum absolute atomic E-state index is 12.2. The molecule has 2 rings (SSSR count). The standard InChI is InChI=1S/C19H16Cl3N3O3S/c20-19(21,22)17(24-15(26)11-10-12-6-2-1-3-7-12)25-18(29)23-14-9-5-4-8-13(14)16(27)28/h1-11,17H,(H,24,26)(H,27,28)(H2,23,25,29)/b11-10-/t17-/m1/s1. The van der Waals surface area contributed by atoms with Crippen molar-refractivity contribution in [3.05, 3.63) is 71.8 Å². The Bertz CT molecular complexity index is 918. The number of nitrogens with one attached hydrogen (secondary N) is 3. The van der Waals surface area contributed by atoms with Crippen molar-refractivity contribution in [1.82, 2.24) is 10.6 Å². The Morgan fingerprint density at radius 1 is 1.00 bits per heavy atom. The van der Waals surface area contributed by atoms with E-state index in [1.165, 1.54) is 18.2 Å². The summed E-state index contributed by atoms with van der Waals surface area (Å²) in [5.74, 6) is -1.65. The molecule has 0 saturated carbocycles. The highest BCUT2D eigenvalue weighted by Gasteiger charge is 2.34. The van der Waals surface area contributed by atoms with Crippen molar-refractivity contribution in [1.29, 1.82) is 0 Å². The third-order valence-electron chi connectivity index (χ3n) is 3.52. The van der Waals surface area contributed by atoms with Crippen LogP contribution in [0.1, 0.15) is 15.9 Å². The number of amides is 1. The molecule has 10 heteroatoms. The molecule has 0 fully saturated rings. The fourth-order valence-corrected chi connectivity index (χ4v) is 2.75. The number of hydrogen-bond donors (Lipinski definition) is 4. The lowest BCUT2D eigenvalue weighted by Crippen LogP contribution is -2.55. The van der Waals surface area contributed by atoms with Crippen LogP contribution in [0.3, 0.4) is 0 Å². The lowest BCUT2D eigenvalue weighted by molar-refractivity contribution is -0.117.